The van der Waals surface area contributed by atoms with Crippen molar-refractivity contribution in [2.45, 2.75) is 79.0 Å². The molecule has 0 fully saturated rings. The van der Waals surface area contributed by atoms with Crippen molar-refractivity contribution in [2.75, 3.05) is 6.61 Å². The minimum absolute atomic E-state index is 0.774. The second kappa shape index (κ2) is 12.4. The van der Waals surface area contributed by atoms with Crippen molar-refractivity contribution in [3.63, 3.8) is 0 Å². The predicted octanol–water partition coefficient (Wildman–Crippen LogP) is 5.80. The summed E-state index contributed by atoms with van der Waals surface area (Å²) in [5.74, 6) is 1.13. The second-order valence-electron chi connectivity index (χ2n) is 5.11. The summed E-state index contributed by atoms with van der Waals surface area (Å²) >= 11 is -1.34. The van der Waals surface area contributed by atoms with Gasteiger partial charge in [0, 0.05) is 0 Å². The minimum atomic E-state index is -1.34. The Morgan fingerprint density at radius 3 is 1.94 bits per heavy atom. The SMILES string of the molecule is C=C(OCC)[CH](CCC)[Sn]([CH2]CCC)[CH2]CCC. The Bertz CT molecular complexity index is 195. The van der Waals surface area contributed by atoms with E-state index in [1.165, 1.54) is 47.4 Å². The fourth-order valence-electron chi connectivity index (χ4n) is 2.45. The van der Waals surface area contributed by atoms with Crippen LogP contribution in [-0.2, 0) is 4.74 Å². The maximum atomic E-state index is 5.75. The Balaban J connectivity index is 4.54. The van der Waals surface area contributed by atoms with Gasteiger partial charge in [-0.25, -0.2) is 0 Å². The fourth-order valence-corrected chi connectivity index (χ4v) is 13.3. The van der Waals surface area contributed by atoms with E-state index in [4.69, 9.17) is 4.74 Å². The number of rotatable bonds is 12. The molecule has 1 unspecified atom stereocenters. The molecular formula is C16H33OSn. The van der Waals surface area contributed by atoms with E-state index >= 15 is 0 Å². The standard InChI is InChI=1S/C8H15O.2C4H9.Sn/c1-4-6-7-8(3)9-5-2;2*1-3-4-2;/h7H,3-6H2,1-2H3;2*1,3-4H2,2H3;. The zero-order chi connectivity index (χ0) is 13.8. The number of ether oxygens (including phenoxy) is 1. The Hall–Kier alpha value is 0.339. The molecular weight excluding hydrogens is 327 g/mol. The third-order valence-corrected chi connectivity index (χ3v) is 13.7. The van der Waals surface area contributed by atoms with E-state index in [-0.39, 0.29) is 0 Å². The molecule has 0 spiro atoms. The molecule has 0 saturated carbocycles. The fraction of sp³-hybridized carbons (Fsp3) is 0.875. The van der Waals surface area contributed by atoms with Crippen LogP contribution in [0, 0.1) is 0 Å². The summed E-state index contributed by atoms with van der Waals surface area (Å²) in [6, 6.07) is 0. The Morgan fingerprint density at radius 2 is 1.56 bits per heavy atom. The summed E-state index contributed by atoms with van der Waals surface area (Å²) in [7, 11) is 0. The third kappa shape index (κ3) is 7.70. The van der Waals surface area contributed by atoms with E-state index in [1.807, 2.05) is 0 Å². The van der Waals surface area contributed by atoms with Crippen LogP contribution >= 0.6 is 0 Å². The van der Waals surface area contributed by atoms with Crippen molar-refractivity contribution in [3.8, 4) is 0 Å². The first-order valence-electron chi connectivity index (χ1n) is 7.87. The number of allylic oxidation sites excluding steroid dienone is 1. The van der Waals surface area contributed by atoms with Gasteiger partial charge < -0.3 is 0 Å². The first-order chi connectivity index (χ1) is 8.71. The average molecular weight is 360 g/mol. The Labute approximate surface area is 122 Å². The van der Waals surface area contributed by atoms with E-state index in [1.54, 1.807) is 0 Å². The molecule has 0 aliphatic rings. The molecule has 0 N–H and O–H groups in total. The summed E-state index contributed by atoms with van der Waals surface area (Å²) < 4.78 is 9.60. The van der Waals surface area contributed by atoms with Crippen LogP contribution in [0.5, 0.6) is 0 Å². The van der Waals surface area contributed by atoms with Crippen molar-refractivity contribution in [1.29, 1.82) is 0 Å². The van der Waals surface area contributed by atoms with Gasteiger partial charge in [0.25, 0.3) is 0 Å². The van der Waals surface area contributed by atoms with Gasteiger partial charge in [-0.1, -0.05) is 0 Å². The second-order valence-corrected chi connectivity index (χ2v) is 13.7. The molecule has 18 heavy (non-hydrogen) atoms. The summed E-state index contributed by atoms with van der Waals surface area (Å²) in [5.41, 5.74) is 0. The van der Waals surface area contributed by atoms with Crippen LogP contribution in [0.4, 0.5) is 0 Å². The van der Waals surface area contributed by atoms with Crippen LogP contribution in [0.3, 0.4) is 0 Å². The molecule has 0 aromatic heterocycles. The van der Waals surface area contributed by atoms with Crippen molar-refractivity contribution in [1.82, 2.24) is 0 Å². The van der Waals surface area contributed by atoms with Crippen LogP contribution in [0.15, 0.2) is 12.3 Å². The molecule has 0 saturated heterocycles. The summed E-state index contributed by atoms with van der Waals surface area (Å²) in [4.78, 5) is 0. The van der Waals surface area contributed by atoms with Crippen LogP contribution in [0.25, 0.3) is 0 Å². The molecule has 1 atom stereocenters. The summed E-state index contributed by atoms with van der Waals surface area (Å²) in [6.45, 7) is 14.0. The van der Waals surface area contributed by atoms with Crippen LogP contribution in [-0.4, -0.2) is 26.4 Å². The normalized spacial score (nSPS) is 12.7. The molecule has 0 amide bonds. The number of unbranched alkanes of at least 4 members (excludes halogenated alkanes) is 2. The van der Waals surface area contributed by atoms with E-state index in [0.717, 1.165) is 16.3 Å². The van der Waals surface area contributed by atoms with Gasteiger partial charge in [0.2, 0.25) is 0 Å². The molecule has 0 bridgehead atoms. The monoisotopic (exact) mass is 361 g/mol. The van der Waals surface area contributed by atoms with Gasteiger partial charge in [-0.15, -0.1) is 0 Å². The van der Waals surface area contributed by atoms with Gasteiger partial charge in [-0.05, 0) is 0 Å². The van der Waals surface area contributed by atoms with Gasteiger partial charge in [-0.2, -0.15) is 0 Å². The van der Waals surface area contributed by atoms with Crippen LogP contribution in [0.1, 0.15) is 66.2 Å². The Morgan fingerprint density at radius 1 is 1.00 bits per heavy atom. The zero-order valence-electron chi connectivity index (χ0n) is 13.1. The van der Waals surface area contributed by atoms with Gasteiger partial charge >= 0.3 is 122 Å². The predicted molar refractivity (Wildman–Crippen MR) is 84.6 cm³/mol. The van der Waals surface area contributed by atoms with Crippen molar-refractivity contribution in [3.05, 3.63) is 12.3 Å². The van der Waals surface area contributed by atoms with Crippen LogP contribution in [0.2, 0.25) is 12.8 Å². The third-order valence-electron chi connectivity index (χ3n) is 3.49. The number of hydrogen-bond acceptors (Lipinski definition) is 1. The van der Waals surface area contributed by atoms with Gasteiger partial charge in [0.05, 0.1) is 0 Å². The molecule has 0 aliphatic carbocycles. The van der Waals surface area contributed by atoms with Crippen molar-refractivity contribution < 1.29 is 4.74 Å². The summed E-state index contributed by atoms with van der Waals surface area (Å²) in [5, 5.41) is 0. The molecule has 0 rings (SSSR count). The van der Waals surface area contributed by atoms with Gasteiger partial charge in [0.15, 0.2) is 0 Å². The average Bonchev–Trinajstić information content (AvgIpc) is 2.37. The molecule has 0 aliphatic heterocycles. The van der Waals surface area contributed by atoms with Crippen molar-refractivity contribution >= 4 is 19.8 Å². The van der Waals surface area contributed by atoms with Crippen molar-refractivity contribution in [2.24, 2.45) is 0 Å². The van der Waals surface area contributed by atoms with E-state index in [2.05, 4.69) is 34.3 Å². The molecule has 1 nitrogen and oxygen atoms in total. The molecule has 107 valence electrons. The number of hydrogen-bond donors (Lipinski definition) is 0. The topological polar surface area (TPSA) is 9.23 Å². The molecule has 0 aromatic rings. The molecule has 0 heterocycles. The molecule has 0 aromatic carbocycles. The molecule has 1 radical (unpaired) electrons. The summed E-state index contributed by atoms with van der Waals surface area (Å²) in [6.07, 6.45) is 8.14. The quantitative estimate of drug-likeness (QED) is 0.316. The first kappa shape index (κ1) is 18.3. The van der Waals surface area contributed by atoms with Gasteiger partial charge in [-0.3, -0.25) is 0 Å². The zero-order valence-corrected chi connectivity index (χ0v) is 15.9. The Kier molecular flexibility index (Phi) is 12.6. The molecule has 2 heteroatoms. The first-order valence-corrected chi connectivity index (χ1v) is 13.6. The van der Waals surface area contributed by atoms with E-state index < -0.39 is 19.8 Å². The van der Waals surface area contributed by atoms with Crippen LogP contribution < -0.4 is 0 Å². The van der Waals surface area contributed by atoms with Gasteiger partial charge in [0.1, 0.15) is 0 Å². The van der Waals surface area contributed by atoms with E-state index in [0.29, 0.717) is 0 Å². The van der Waals surface area contributed by atoms with E-state index in [9.17, 15) is 0 Å². The maximum absolute atomic E-state index is 5.75.